The fourth-order valence-electron chi connectivity index (χ4n) is 9.62. The molecule has 558 valence electrons. The van der Waals surface area contributed by atoms with E-state index in [0.717, 1.165) is 89.3 Å². The second-order valence-electron chi connectivity index (χ2n) is 23.1. The maximum atomic E-state index is 12.0. The van der Waals surface area contributed by atoms with Crippen LogP contribution < -0.4 is 29.7 Å². The van der Waals surface area contributed by atoms with Crippen molar-refractivity contribution < 1.29 is 35.9 Å². The summed E-state index contributed by atoms with van der Waals surface area (Å²) < 4.78 is 62.3. The van der Waals surface area contributed by atoms with Gasteiger partial charge >= 0.3 is 6.03 Å². The van der Waals surface area contributed by atoms with Crippen molar-refractivity contribution in [1.29, 1.82) is 5.26 Å². The van der Waals surface area contributed by atoms with Crippen LogP contribution in [0.15, 0.2) is 254 Å². The molecule has 23 heteroatoms. The van der Waals surface area contributed by atoms with Crippen LogP contribution in [-0.4, -0.2) is 110 Å². The lowest BCUT2D eigenvalue weighted by molar-refractivity contribution is -0.122. The van der Waals surface area contributed by atoms with E-state index in [0.29, 0.717) is 43.2 Å². The molecule has 0 unspecified atom stereocenters. The van der Waals surface area contributed by atoms with E-state index in [-0.39, 0.29) is 71.6 Å². The van der Waals surface area contributed by atoms with Crippen LogP contribution >= 0.6 is 11.3 Å². The molecule has 0 atom stereocenters. The second-order valence-corrected chi connectivity index (χ2v) is 28.1. The van der Waals surface area contributed by atoms with Crippen molar-refractivity contribution in [2.75, 3.05) is 54.3 Å². The van der Waals surface area contributed by atoms with Crippen LogP contribution in [0.25, 0.3) is 33.9 Å². The number of benzene rings is 8. The Morgan fingerprint density at radius 2 is 1.04 bits per heavy atom. The summed E-state index contributed by atoms with van der Waals surface area (Å²) in [6.45, 7) is 8.55. The predicted molar refractivity (Wildman–Crippen MR) is 432 cm³/mol. The van der Waals surface area contributed by atoms with Crippen LogP contribution in [0.1, 0.15) is 97.7 Å². The molecule has 6 N–H and O–H groups in total. The van der Waals surface area contributed by atoms with Gasteiger partial charge in [-0.05, 0) is 119 Å². The number of aromatic amines is 2. The fraction of sp³-hybridized carbons (Fsp3) is 0.280. The number of ether oxygens (including phenoxy) is 2. The average Bonchev–Trinajstić information content (AvgIpc) is 1.63. The van der Waals surface area contributed by atoms with Crippen molar-refractivity contribution in [3.8, 4) is 45.7 Å². The summed E-state index contributed by atoms with van der Waals surface area (Å²) in [5, 5.41) is 30.7. The van der Waals surface area contributed by atoms with Crippen LogP contribution in [-0.2, 0) is 35.0 Å². The first-order valence-corrected chi connectivity index (χ1v) is 36.7. The van der Waals surface area contributed by atoms with Crippen molar-refractivity contribution in [3.63, 3.8) is 0 Å². The number of hydrogen-bond acceptors (Lipinski definition) is 14. The number of aryl methyl sites for hydroxylation is 3. The third kappa shape index (κ3) is 30.2. The number of nitriles is 1. The molecular weight excluding hydrogens is 1380 g/mol. The number of rotatable bonds is 14. The molecule has 0 bridgehead atoms. The molecule has 105 heavy (non-hydrogen) atoms. The molecule has 15 rings (SSSR count). The van der Waals surface area contributed by atoms with Gasteiger partial charge in [0, 0.05) is 78.2 Å². The zero-order valence-electron chi connectivity index (χ0n) is 56.4. The monoisotopic (exact) mass is 1480 g/mol. The minimum absolute atomic E-state index is 0. The number of amides is 3. The number of nitrogens with zero attached hydrogens (tertiary/aromatic N) is 6. The van der Waals surface area contributed by atoms with E-state index in [1.807, 2.05) is 221 Å². The molecule has 3 aromatic heterocycles. The standard InChI is InChI=1S/C11H15NO3S.C10H10N2.C10H9NS.C10H9N.C9H9N3.C9H10N2O.C9H11NO2S.C9H11NO2.5CH4/c13-16(14,11-6-8-15-9-7-11)12-10-4-2-1-3-5-10;1-8-7-10(12-11-8)9-5-3-2-4-6-9;1-8-11-10(7-12-8)9-5-3-2-4-6-9;11-8-10(6-7-10)9-4-2-1-3-5-9;1-7-10-9(12-11-7)8-5-3-2-4-6-8;12-9-10-6-7-11(9)8-4-2-1-3-5-8;11-13(12,9-6-7-9)10-8-4-2-1-3-5-8;1-10-9(11)7-12-8-5-3-2-4-6-8;;;;;/h1-5,11-12H,6-9H2;2-7H,1H3,(H,11,12);2-7H,1H3;1-5H,6-7H2;2-6H,1H3,(H,10,11,12);1-5H,6-7H2,(H,10,12);1-5,9-10H,6-7H2;2-6H,7H2,1H3,(H,10,11);5*1H4. The summed E-state index contributed by atoms with van der Waals surface area (Å²) in [6.07, 6.45) is 4.80. The Balaban J connectivity index is 0.000000310. The van der Waals surface area contributed by atoms with Gasteiger partial charge < -0.3 is 20.1 Å². The summed E-state index contributed by atoms with van der Waals surface area (Å²) in [5.41, 5.74) is 9.88. The molecule has 2 saturated heterocycles. The first kappa shape index (κ1) is 88.4. The van der Waals surface area contributed by atoms with E-state index in [1.54, 1.807) is 47.5 Å². The summed E-state index contributed by atoms with van der Waals surface area (Å²) in [7, 11) is -4.78. The number of urea groups is 1. The van der Waals surface area contributed by atoms with Gasteiger partial charge in [-0.15, -0.1) is 11.3 Å². The molecule has 4 aliphatic rings. The SMILES string of the molecule is C.C.C.C.C.CNC(=O)COc1ccccc1.Cc1cc(-c2ccccc2)n[nH]1.Cc1nc(-c2ccccc2)cs1.Cc1nc(-c2ccccc2)n[nH]1.N#CC1(c2ccccc2)CC1.O=C1NCCN1c1ccccc1.O=S(=O)(Nc1ccccc1)C1CC1.O=S(=O)(Nc1ccccc1)C1CCOCC1. The van der Waals surface area contributed by atoms with E-state index in [9.17, 15) is 26.4 Å². The van der Waals surface area contributed by atoms with E-state index < -0.39 is 20.0 Å². The Kier molecular flexibility index (Phi) is 38.8. The first-order valence-electron chi connectivity index (χ1n) is 32.7. The molecule has 0 radical (unpaired) electrons. The predicted octanol–water partition coefficient (Wildman–Crippen LogP) is 17.9. The Labute approximate surface area is 627 Å². The number of thiazole rings is 1. The lowest BCUT2D eigenvalue weighted by Gasteiger charge is -2.22. The average molecular weight is 1480 g/mol. The molecule has 3 amide bonds. The van der Waals surface area contributed by atoms with Crippen molar-refractivity contribution in [2.24, 2.45) is 0 Å². The Morgan fingerprint density at radius 1 is 0.590 bits per heavy atom. The number of nitrogens with one attached hydrogen (secondary N) is 6. The van der Waals surface area contributed by atoms with Gasteiger partial charge in [0.2, 0.25) is 20.0 Å². The zero-order valence-corrected chi connectivity index (χ0v) is 58.8. The van der Waals surface area contributed by atoms with Gasteiger partial charge in [0.15, 0.2) is 12.4 Å². The minimum Gasteiger partial charge on any atom is -0.484 e. The summed E-state index contributed by atoms with van der Waals surface area (Å²) in [4.78, 5) is 32.3. The number of aromatic nitrogens is 6. The second kappa shape index (κ2) is 46.1. The quantitative estimate of drug-likeness (QED) is 0.0591. The molecule has 5 heterocycles. The molecule has 2 saturated carbocycles. The third-order valence-corrected chi connectivity index (χ3v) is 19.9. The number of para-hydroxylation sites is 4. The maximum absolute atomic E-state index is 12.0. The molecule has 0 spiro atoms. The highest BCUT2D eigenvalue weighted by atomic mass is 32.2. The number of H-pyrrole nitrogens is 2. The number of hydrogen-bond donors (Lipinski definition) is 6. The fourth-order valence-corrected chi connectivity index (χ4v) is 13.1. The summed E-state index contributed by atoms with van der Waals surface area (Å²) in [6, 6.07) is 81.6. The van der Waals surface area contributed by atoms with Crippen LogP contribution in [0.5, 0.6) is 5.75 Å². The zero-order chi connectivity index (χ0) is 70.8. The molecule has 11 aromatic rings. The van der Waals surface area contributed by atoms with Crippen LogP contribution in [0.4, 0.5) is 21.9 Å². The molecule has 2 aliphatic heterocycles. The van der Waals surface area contributed by atoms with Crippen molar-refractivity contribution in [2.45, 2.75) is 112 Å². The molecule has 8 aromatic carbocycles. The van der Waals surface area contributed by atoms with Gasteiger partial charge in [-0.3, -0.25) is 29.3 Å². The highest BCUT2D eigenvalue weighted by Crippen LogP contribution is 2.47. The molecular formula is C82H104N12O8S3. The number of carbonyl (C=O) groups is 2. The highest BCUT2D eigenvalue weighted by Gasteiger charge is 2.44. The normalized spacial score (nSPS) is 13.2. The van der Waals surface area contributed by atoms with Gasteiger partial charge in [-0.2, -0.15) is 15.5 Å². The van der Waals surface area contributed by atoms with Crippen LogP contribution in [0.3, 0.4) is 0 Å². The lowest BCUT2D eigenvalue weighted by Crippen LogP contribution is -2.33. The topological polar surface area (TPSA) is 279 Å². The van der Waals surface area contributed by atoms with E-state index in [4.69, 9.17) is 14.7 Å². The molecule has 4 fully saturated rings. The van der Waals surface area contributed by atoms with Gasteiger partial charge in [0.1, 0.15) is 11.6 Å². The number of sulfonamides is 2. The minimum atomic E-state index is -3.27. The molecule has 2 aliphatic carbocycles. The lowest BCUT2D eigenvalue weighted by atomic mass is 9.98. The Bertz CT molecular complexity index is 4270. The Hall–Kier alpha value is -10.8. The smallest absolute Gasteiger partial charge is 0.321 e. The van der Waals surface area contributed by atoms with Crippen molar-refractivity contribution in [3.05, 3.63) is 276 Å². The summed E-state index contributed by atoms with van der Waals surface area (Å²) in [5.74, 6) is 2.18. The van der Waals surface area contributed by atoms with Crippen LogP contribution in [0, 0.1) is 32.1 Å². The highest BCUT2D eigenvalue weighted by molar-refractivity contribution is 7.93. The van der Waals surface area contributed by atoms with Crippen LogP contribution in [0.2, 0.25) is 0 Å². The number of likely N-dealkylation sites (N-methyl/N-ethyl adjacent to an activating group) is 1. The molecule has 20 nitrogen and oxygen atoms in total. The maximum Gasteiger partial charge on any atom is 0.321 e. The van der Waals surface area contributed by atoms with E-state index >= 15 is 0 Å². The summed E-state index contributed by atoms with van der Waals surface area (Å²) >= 11 is 1.69. The van der Waals surface area contributed by atoms with Gasteiger partial charge in [0.05, 0.1) is 38.4 Å². The van der Waals surface area contributed by atoms with Crippen molar-refractivity contribution in [1.82, 2.24) is 41.0 Å². The van der Waals surface area contributed by atoms with Crippen molar-refractivity contribution >= 4 is 60.4 Å². The van der Waals surface area contributed by atoms with E-state index in [2.05, 4.69) is 86.2 Å². The first-order chi connectivity index (χ1) is 48.5. The third-order valence-electron chi connectivity index (χ3n) is 15.3. The van der Waals surface area contributed by atoms with Gasteiger partial charge in [-0.1, -0.05) is 231 Å². The number of anilines is 3. The van der Waals surface area contributed by atoms with Gasteiger partial charge in [0.25, 0.3) is 5.91 Å². The number of carbonyl (C=O) groups excluding carboxylic acids is 2. The van der Waals surface area contributed by atoms with Gasteiger partial charge in [-0.25, -0.2) is 31.6 Å². The largest absolute Gasteiger partial charge is 0.484 e. The van der Waals surface area contributed by atoms with E-state index in [1.165, 1.54) is 11.1 Å². The Morgan fingerprint density at radius 3 is 1.44 bits per heavy atom.